The minimum Gasteiger partial charge on any atom is -0.497 e. The van der Waals surface area contributed by atoms with Crippen molar-refractivity contribution in [2.75, 3.05) is 13.7 Å². The third kappa shape index (κ3) is 3.61. The van der Waals surface area contributed by atoms with Crippen LogP contribution in [0.1, 0.15) is 49.1 Å². The maximum Gasteiger partial charge on any atom is 0.220 e. The van der Waals surface area contributed by atoms with Crippen molar-refractivity contribution in [3.63, 3.8) is 0 Å². The number of amides is 1. The number of nitrogens with two attached hydrogens (primary N) is 1. The Bertz CT molecular complexity index is 540. The summed E-state index contributed by atoms with van der Waals surface area (Å²) in [5, 5.41) is 3.02. The first-order valence-electron chi connectivity index (χ1n) is 8.36. The Kier molecular flexibility index (Phi) is 4.67. The fourth-order valence-corrected chi connectivity index (χ4v) is 3.45. The van der Waals surface area contributed by atoms with E-state index in [1.54, 1.807) is 7.11 Å². The number of fused-ring (bicyclic) bond motifs is 1. The largest absolute Gasteiger partial charge is 0.497 e. The summed E-state index contributed by atoms with van der Waals surface area (Å²) in [5.41, 5.74) is 8.69. The summed E-state index contributed by atoms with van der Waals surface area (Å²) in [5.74, 6) is 1.99. The Labute approximate surface area is 132 Å². The van der Waals surface area contributed by atoms with Crippen molar-refractivity contribution >= 4 is 5.91 Å². The summed E-state index contributed by atoms with van der Waals surface area (Å²) in [6.45, 7) is 0.617. The molecule has 2 aliphatic carbocycles. The second-order valence-electron chi connectivity index (χ2n) is 6.66. The molecule has 0 aliphatic heterocycles. The molecule has 1 amide bonds. The first kappa shape index (κ1) is 15.3. The van der Waals surface area contributed by atoms with Crippen LogP contribution in [0.4, 0.5) is 0 Å². The van der Waals surface area contributed by atoms with Crippen molar-refractivity contribution in [1.29, 1.82) is 0 Å². The average molecular weight is 302 g/mol. The van der Waals surface area contributed by atoms with Crippen molar-refractivity contribution < 1.29 is 9.53 Å². The van der Waals surface area contributed by atoms with Crippen LogP contribution in [0.2, 0.25) is 0 Å². The molecule has 0 radical (unpaired) electrons. The van der Waals surface area contributed by atoms with Gasteiger partial charge in [-0.05, 0) is 67.2 Å². The molecule has 0 bridgehead atoms. The molecule has 120 valence electrons. The van der Waals surface area contributed by atoms with E-state index in [0.29, 0.717) is 24.8 Å². The number of hydrogen-bond donors (Lipinski definition) is 2. The molecule has 22 heavy (non-hydrogen) atoms. The number of nitrogens with one attached hydrogen (secondary N) is 1. The van der Waals surface area contributed by atoms with Gasteiger partial charge in [-0.3, -0.25) is 4.79 Å². The summed E-state index contributed by atoms with van der Waals surface area (Å²) in [4.78, 5) is 12.2. The van der Waals surface area contributed by atoms with Gasteiger partial charge in [0.25, 0.3) is 0 Å². The standard InChI is InChI=1S/C18H26N2O2/c1-22-15-7-8-16-13(9-15)3-2-4-14(16)10-18(21)20-11-17(19)12-5-6-12/h7-9,12,14,17H,2-6,10-11,19H2,1H3,(H,20,21). The molecule has 1 saturated carbocycles. The van der Waals surface area contributed by atoms with E-state index in [1.807, 2.05) is 6.07 Å². The van der Waals surface area contributed by atoms with Gasteiger partial charge in [-0.15, -0.1) is 0 Å². The Morgan fingerprint density at radius 3 is 2.95 bits per heavy atom. The van der Waals surface area contributed by atoms with Gasteiger partial charge in [0, 0.05) is 19.0 Å². The molecule has 2 atom stereocenters. The smallest absolute Gasteiger partial charge is 0.220 e. The molecule has 1 aromatic rings. The van der Waals surface area contributed by atoms with Crippen LogP contribution in [-0.4, -0.2) is 25.6 Å². The van der Waals surface area contributed by atoms with Gasteiger partial charge >= 0.3 is 0 Å². The number of benzene rings is 1. The lowest BCUT2D eigenvalue weighted by molar-refractivity contribution is -0.121. The number of carbonyl (C=O) groups is 1. The van der Waals surface area contributed by atoms with E-state index in [2.05, 4.69) is 17.4 Å². The molecule has 0 aromatic heterocycles. The van der Waals surface area contributed by atoms with Gasteiger partial charge in [-0.2, -0.15) is 0 Å². The van der Waals surface area contributed by atoms with Gasteiger partial charge in [-0.1, -0.05) is 6.07 Å². The third-order valence-corrected chi connectivity index (χ3v) is 4.98. The normalized spacial score (nSPS) is 21.8. The van der Waals surface area contributed by atoms with Crippen LogP contribution in [0.3, 0.4) is 0 Å². The van der Waals surface area contributed by atoms with E-state index in [4.69, 9.17) is 10.5 Å². The highest BCUT2D eigenvalue weighted by molar-refractivity contribution is 5.77. The molecule has 4 heteroatoms. The highest BCUT2D eigenvalue weighted by atomic mass is 16.5. The Balaban J connectivity index is 1.57. The zero-order valence-electron chi connectivity index (χ0n) is 13.3. The molecule has 1 fully saturated rings. The van der Waals surface area contributed by atoms with E-state index >= 15 is 0 Å². The second-order valence-corrected chi connectivity index (χ2v) is 6.66. The molecule has 0 saturated heterocycles. The SMILES string of the molecule is COc1ccc2c(c1)CCCC2CC(=O)NCC(N)C1CC1. The van der Waals surface area contributed by atoms with E-state index < -0.39 is 0 Å². The summed E-state index contributed by atoms with van der Waals surface area (Å²) in [6.07, 6.45) is 6.30. The van der Waals surface area contributed by atoms with Gasteiger partial charge in [0.15, 0.2) is 0 Å². The second kappa shape index (κ2) is 6.69. The fraction of sp³-hybridized carbons (Fsp3) is 0.611. The summed E-state index contributed by atoms with van der Waals surface area (Å²) in [6, 6.07) is 6.37. The molecule has 4 nitrogen and oxygen atoms in total. The lowest BCUT2D eigenvalue weighted by atomic mass is 9.81. The molecule has 1 aromatic carbocycles. The van der Waals surface area contributed by atoms with Crippen molar-refractivity contribution in [3.8, 4) is 5.75 Å². The van der Waals surface area contributed by atoms with Gasteiger partial charge in [-0.25, -0.2) is 0 Å². The Hall–Kier alpha value is -1.55. The molecule has 0 spiro atoms. The van der Waals surface area contributed by atoms with Crippen LogP contribution in [0, 0.1) is 5.92 Å². The third-order valence-electron chi connectivity index (χ3n) is 4.98. The number of ether oxygens (including phenoxy) is 1. The van der Waals surface area contributed by atoms with Gasteiger partial charge < -0.3 is 15.8 Å². The van der Waals surface area contributed by atoms with Crippen molar-refractivity contribution in [2.24, 2.45) is 11.7 Å². The maximum atomic E-state index is 12.2. The number of hydrogen-bond acceptors (Lipinski definition) is 3. The fourth-order valence-electron chi connectivity index (χ4n) is 3.45. The van der Waals surface area contributed by atoms with Crippen LogP contribution in [0.15, 0.2) is 18.2 Å². The summed E-state index contributed by atoms with van der Waals surface area (Å²) < 4.78 is 5.30. The zero-order chi connectivity index (χ0) is 15.5. The average Bonchev–Trinajstić information content (AvgIpc) is 3.37. The van der Waals surface area contributed by atoms with Crippen molar-refractivity contribution in [3.05, 3.63) is 29.3 Å². The lowest BCUT2D eigenvalue weighted by Crippen LogP contribution is -2.39. The van der Waals surface area contributed by atoms with Crippen LogP contribution in [0.25, 0.3) is 0 Å². The van der Waals surface area contributed by atoms with E-state index in [1.165, 1.54) is 24.0 Å². The minimum atomic E-state index is 0.129. The first-order chi connectivity index (χ1) is 10.7. The molecular formula is C18H26N2O2. The summed E-state index contributed by atoms with van der Waals surface area (Å²) in [7, 11) is 1.69. The lowest BCUT2D eigenvalue weighted by Gasteiger charge is -2.25. The maximum absolute atomic E-state index is 12.2. The quantitative estimate of drug-likeness (QED) is 0.848. The zero-order valence-corrected chi connectivity index (χ0v) is 13.3. The molecular weight excluding hydrogens is 276 g/mol. The number of rotatable bonds is 6. The number of methoxy groups -OCH3 is 1. The van der Waals surface area contributed by atoms with Crippen LogP contribution < -0.4 is 15.8 Å². The predicted octanol–water partition coefficient (Wildman–Crippen LogP) is 2.36. The van der Waals surface area contributed by atoms with E-state index in [0.717, 1.165) is 25.0 Å². The van der Waals surface area contributed by atoms with Gasteiger partial charge in [0.2, 0.25) is 5.91 Å². The monoisotopic (exact) mass is 302 g/mol. The minimum absolute atomic E-state index is 0.129. The Morgan fingerprint density at radius 2 is 2.23 bits per heavy atom. The van der Waals surface area contributed by atoms with Gasteiger partial charge in [0.05, 0.1) is 7.11 Å². The van der Waals surface area contributed by atoms with Crippen molar-refractivity contribution in [2.45, 2.75) is 50.5 Å². The topological polar surface area (TPSA) is 64.3 Å². The Morgan fingerprint density at radius 1 is 1.41 bits per heavy atom. The van der Waals surface area contributed by atoms with Crippen molar-refractivity contribution in [1.82, 2.24) is 5.32 Å². The molecule has 2 aliphatic rings. The molecule has 3 rings (SSSR count). The predicted molar refractivity (Wildman–Crippen MR) is 87.0 cm³/mol. The number of aryl methyl sites for hydroxylation is 1. The van der Waals surface area contributed by atoms with E-state index in [9.17, 15) is 4.79 Å². The van der Waals surface area contributed by atoms with Gasteiger partial charge in [0.1, 0.15) is 5.75 Å². The molecule has 3 N–H and O–H groups in total. The van der Waals surface area contributed by atoms with Crippen LogP contribution >= 0.6 is 0 Å². The highest BCUT2D eigenvalue weighted by Crippen LogP contribution is 2.36. The highest BCUT2D eigenvalue weighted by Gasteiger charge is 2.29. The number of carbonyl (C=O) groups excluding carboxylic acids is 1. The van der Waals surface area contributed by atoms with Crippen LogP contribution in [-0.2, 0) is 11.2 Å². The summed E-state index contributed by atoms with van der Waals surface area (Å²) >= 11 is 0. The molecule has 2 unspecified atom stereocenters. The van der Waals surface area contributed by atoms with Crippen LogP contribution in [0.5, 0.6) is 5.75 Å². The van der Waals surface area contributed by atoms with E-state index in [-0.39, 0.29) is 11.9 Å². The molecule has 0 heterocycles. The first-order valence-corrected chi connectivity index (χ1v) is 8.36.